The topological polar surface area (TPSA) is 75.6 Å². The maximum absolute atomic E-state index is 11.1. The molecule has 0 aliphatic rings. The van der Waals surface area contributed by atoms with Crippen molar-refractivity contribution in [2.45, 2.75) is 26.4 Å². The molecule has 1 unspecified atom stereocenters. The Morgan fingerprint density at radius 3 is 2.57 bits per heavy atom. The highest BCUT2D eigenvalue weighted by Gasteiger charge is 2.12. The van der Waals surface area contributed by atoms with E-state index in [0.29, 0.717) is 6.61 Å². The van der Waals surface area contributed by atoms with Crippen molar-refractivity contribution in [3.05, 3.63) is 0 Å². The lowest BCUT2D eigenvalue weighted by atomic mass is 10.2. The molecule has 1 atom stereocenters. The van der Waals surface area contributed by atoms with Crippen molar-refractivity contribution in [3.8, 4) is 0 Å². The fraction of sp³-hybridized carbons (Fsp3) is 0.778. The van der Waals surface area contributed by atoms with Crippen LogP contribution in [-0.4, -0.2) is 42.7 Å². The van der Waals surface area contributed by atoms with Crippen LogP contribution in [0.25, 0.3) is 0 Å². The average molecular weight is 203 g/mol. The van der Waals surface area contributed by atoms with E-state index >= 15 is 0 Å². The first-order valence-corrected chi connectivity index (χ1v) is 4.58. The number of nitrogens with one attached hydrogen (secondary N) is 1. The second-order valence-corrected chi connectivity index (χ2v) is 2.94. The molecule has 0 rings (SSSR count). The van der Waals surface area contributed by atoms with Gasteiger partial charge in [-0.05, 0) is 13.8 Å². The van der Waals surface area contributed by atoms with Crippen LogP contribution in [0.2, 0.25) is 0 Å². The van der Waals surface area contributed by atoms with E-state index < -0.39 is 6.10 Å². The summed E-state index contributed by atoms with van der Waals surface area (Å²) in [6, 6.07) is 0. The summed E-state index contributed by atoms with van der Waals surface area (Å²) < 4.78 is 5.07. The summed E-state index contributed by atoms with van der Waals surface area (Å²) >= 11 is 0. The highest BCUT2D eigenvalue weighted by molar-refractivity contribution is 5.84. The predicted molar refractivity (Wildman–Crippen MR) is 50.8 cm³/mol. The van der Waals surface area contributed by atoms with Crippen LogP contribution in [0, 0.1) is 0 Å². The predicted octanol–water partition coefficient (Wildman–Crippen LogP) is -0.521. The van der Waals surface area contributed by atoms with E-state index in [-0.39, 0.29) is 31.3 Å². The Kier molecular flexibility index (Phi) is 6.96. The lowest BCUT2D eigenvalue weighted by molar-refractivity contribution is -0.127. The fourth-order valence-electron chi connectivity index (χ4n) is 0.914. The van der Waals surface area contributed by atoms with Gasteiger partial charge in [0.25, 0.3) is 0 Å². The van der Waals surface area contributed by atoms with Crippen molar-refractivity contribution in [2.24, 2.45) is 0 Å². The Hall–Kier alpha value is -0.940. The highest BCUT2D eigenvalue weighted by Crippen LogP contribution is 1.97. The number of rotatable bonds is 7. The molecule has 0 saturated carbocycles. The molecule has 0 saturated heterocycles. The van der Waals surface area contributed by atoms with E-state index in [2.05, 4.69) is 5.32 Å². The second kappa shape index (κ2) is 7.46. The van der Waals surface area contributed by atoms with Gasteiger partial charge >= 0.3 is 0 Å². The van der Waals surface area contributed by atoms with Crippen molar-refractivity contribution in [2.75, 3.05) is 19.8 Å². The molecule has 0 aromatic carbocycles. The van der Waals surface area contributed by atoms with E-state index in [0.717, 1.165) is 0 Å². The van der Waals surface area contributed by atoms with Gasteiger partial charge in [-0.1, -0.05) is 0 Å². The molecule has 2 N–H and O–H groups in total. The van der Waals surface area contributed by atoms with Gasteiger partial charge in [-0.25, -0.2) is 0 Å². The Bertz CT molecular complexity index is 193. The van der Waals surface area contributed by atoms with Crippen molar-refractivity contribution in [3.63, 3.8) is 0 Å². The number of carbonyl (C=O) groups is 2. The summed E-state index contributed by atoms with van der Waals surface area (Å²) in [6.07, 6.45) is -0.399. The van der Waals surface area contributed by atoms with E-state index in [4.69, 9.17) is 9.84 Å². The second-order valence-electron chi connectivity index (χ2n) is 2.94. The van der Waals surface area contributed by atoms with Gasteiger partial charge in [0, 0.05) is 6.61 Å². The number of Topliss-reactive ketones (excluding diaryl/α,β-unsaturated/α-hetero) is 1. The van der Waals surface area contributed by atoms with Crippen LogP contribution >= 0.6 is 0 Å². The fourth-order valence-corrected chi connectivity index (χ4v) is 0.914. The molecule has 0 heterocycles. The smallest absolute Gasteiger partial charge is 0.223 e. The first-order chi connectivity index (χ1) is 6.60. The van der Waals surface area contributed by atoms with Crippen LogP contribution < -0.4 is 5.32 Å². The zero-order chi connectivity index (χ0) is 11.0. The van der Waals surface area contributed by atoms with E-state index in [9.17, 15) is 9.59 Å². The van der Waals surface area contributed by atoms with Crippen molar-refractivity contribution < 1.29 is 19.4 Å². The Labute approximate surface area is 83.4 Å². The van der Waals surface area contributed by atoms with E-state index in [1.807, 2.05) is 0 Å². The van der Waals surface area contributed by atoms with Gasteiger partial charge in [-0.2, -0.15) is 0 Å². The number of ketones is 1. The molecule has 0 bridgehead atoms. The lowest BCUT2D eigenvalue weighted by Crippen LogP contribution is -2.33. The third-order valence-corrected chi connectivity index (χ3v) is 1.55. The molecule has 1 amide bonds. The van der Waals surface area contributed by atoms with Gasteiger partial charge in [0.05, 0.1) is 25.7 Å². The summed E-state index contributed by atoms with van der Waals surface area (Å²) in [5.41, 5.74) is 0. The van der Waals surface area contributed by atoms with Crippen LogP contribution in [0.5, 0.6) is 0 Å². The maximum atomic E-state index is 11.1. The van der Waals surface area contributed by atoms with Gasteiger partial charge in [0.15, 0.2) is 0 Å². The summed E-state index contributed by atoms with van der Waals surface area (Å²) in [5.74, 6) is -0.386. The summed E-state index contributed by atoms with van der Waals surface area (Å²) in [6.45, 7) is 3.47. The number of amides is 1. The minimum absolute atomic E-state index is 0.0309. The van der Waals surface area contributed by atoms with Crippen LogP contribution in [0.4, 0.5) is 0 Å². The summed E-state index contributed by atoms with van der Waals surface area (Å²) in [4.78, 5) is 21.7. The van der Waals surface area contributed by atoms with Gasteiger partial charge in [-0.3, -0.25) is 9.59 Å². The van der Waals surface area contributed by atoms with Gasteiger partial charge in [-0.15, -0.1) is 0 Å². The Balaban J connectivity index is 3.72. The molecule has 0 spiro atoms. The molecule has 5 nitrogen and oxygen atoms in total. The zero-order valence-corrected chi connectivity index (χ0v) is 8.58. The third kappa shape index (κ3) is 6.56. The number of hydrogen-bond acceptors (Lipinski definition) is 4. The molecule has 0 aromatic heterocycles. The largest absolute Gasteiger partial charge is 0.394 e. The van der Waals surface area contributed by atoms with Crippen LogP contribution in [0.3, 0.4) is 0 Å². The van der Waals surface area contributed by atoms with Gasteiger partial charge < -0.3 is 15.2 Å². The quantitative estimate of drug-likeness (QED) is 0.583. The van der Waals surface area contributed by atoms with Crippen LogP contribution in [-0.2, 0) is 14.3 Å². The highest BCUT2D eigenvalue weighted by atomic mass is 16.5. The van der Waals surface area contributed by atoms with E-state index in [1.54, 1.807) is 6.92 Å². The normalized spacial score (nSPS) is 12.2. The van der Waals surface area contributed by atoms with E-state index in [1.165, 1.54) is 6.92 Å². The maximum Gasteiger partial charge on any atom is 0.223 e. The number of aliphatic hydroxyl groups excluding tert-OH is 1. The zero-order valence-electron chi connectivity index (χ0n) is 8.58. The number of ether oxygens (including phenoxy) is 1. The molecule has 0 fully saturated rings. The third-order valence-electron chi connectivity index (χ3n) is 1.55. The molecule has 0 aliphatic carbocycles. The average Bonchev–Trinajstić information content (AvgIpc) is 2.14. The number of aliphatic hydroxyl groups is 1. The first kappa shape index (κ1) is 13.1. The van der Waals surface area contributed by atoms with Crippen LogP contribution in [0.1, 0.15) is 20.3 Å². The van der Waals surface area contributed by atoms with Gasteiger partial charge in [0.1, 0.15) is 5.78 Å². The number of carbonyl (C=O) groups excluding carboxylic acids is 2. The summed E-state index contributed by atoms with van der Waals surface area (Å²) in [7, 11) is 0. The SMILES string of the molecule is CCOC(CO)CC(=O)NCC(C)=O. The Morgan fingerprint density at radius 2 is 2.14 bits per heavy atom. The van der Waals surface area contributed by atoms with Crippen molar-refractivity contribution >= 4 is 11.7 Å². The molecule has 0 aliphatic heterocycles. The molecular weight excluding hydrogens is 186 g/mol. The molecule has 14 heavy (non-hydrogen) atoms. The Morgan fingerprint density at radius 1 is 1.50 bits per heavy atom. The standard InChI is InChI=1S/C9H17NO4/c1-3-14-8(6-11)4-9(13)10-5-7(2)12/h8,11H,3-6H2,1-2H3,(H,10,13). The minimum atomic E-state index is -0.480. The van der Waals surface area contributed by atoms with Gasteiger partial charge in [0.2, 0.25) is 5.91 Å². The first-order valence-electron chi connectivity index (χ1n) is 4.58. The van der Waals surface area contributed by atoms with Crippen LogP contribution in [0.15, 0.2) is 0 Å². The number of hydrogen-bond donors (Lipinski definition) is 2. The van der Waals surface area contributed by atoms with Crippen molar-refractivity contribution in [1.82, 2.24) is 5.32 Å². The molecular formula is C9H17NO4. The minimum Gasteiger partial charge on any atom is -0.394 e. The monoisotopic (exact) mass is 203 g/mol. The molecule has 82 valence electrons. The van der Waals surface area contributed by atoms with Crippen molar-refractivity contribution in [1.29, 1.82) is 0 Å². The lowest BCUT2D eigenvalue weighted by Gasteiger charge is -2.13. The summed E-state index contributed by atoms with van der Waals surface area (Å²) in [5, 5.41) is 11.2. The molecule has 5 heteroatoms. The molecule has 0 radical (unpaired) electrons. The molecule has 0 aromatic rings.